The number of carbonyl (C=O) groups excluding carboxylic acids is 1. The van der Waals surface area contributed by atoms with Crippen LogP contribution in [0.4, 0.5) is 9.93 Å². The lowest BCUT2D eigenvalue weighted by Gasteiger charge is -2.14. The molecule has 0 saturated heterocycles. The van der Waals surface area contributed by atoms with Crippen molar-refractivity contribution in [2.45, 2.75) is 25.8 Å². The van der Waals surface area contributed by atoms with E-state index < -0.39 is 12.0 Å². The molecule has 1 atom stereocenters. The number of halogens is 1. The number of urea groups is 1. The van der Waals surface area contributed by atoms with E-state index in [1.165, 1.54) is 11.3 Å². The molecule has 0 aliphatic carbocycles. The Morgan fingerprint density at radius 3 is 2.82 bits per heavy atom. The first-order valence-electron chi connectivity index (χ1n) is 4.92. The van der Waals surface area contributed by atoms with Crippen molar-refractivity contribution < 1.29 is 14.7 Å². The predicted molar refractivity (Wildman–Crippen MR) is 68.3 cm³/mol. The first-order chi connectivity index (χ1) is 8.01. The first kappa shape index (κ1) is 13.9. The third-order valence-corrected chi connectivity index (χ3v) is 3.34. The van der Waals surface area contributed by atoms with Crippen molar-refractivity contribution in [1.29, 1.82) is 0 Å². The van der Waals surface area contributed by atoms with Gasteiger partial charge in [-0.15, -0.1) is 0 Å². The largest absolute Gasteiger partial charge is 0.481 e. The minimum Gasteiger partial charge on any atom is -0.481 e. The summed E-state index contributed by atoms with van der Waals surface area (Å²) in [4.78, 5) is 26.0. The van der Waals surface area contributed by atoms with Crippen molar-refractivity contribution in [2.24, 2.45) is 0 Å². The van der Waals surface area contributed by atoms with Crippen molar-refractivity contribution in [1.82, 2.24) is 10.3 Å². The molecule has 1 rings (SSSR count). The van der Waals surface area contributed by atoms with Crippen molar-refractivity contribution >= 4 is 44.4 Å². The molecule has 3 N–H and O–H groups in total. The van der Waals surface area contributed by atoms with Gasteiger partial charge in [0.1, 0.15) is 0 Å². The lowest BCUT2D eigenvalue weighted by Crippen LogP contribution is -2.38. The van der Waals surface area contributed by atoms with E-state index in [2.05, 4.69) is 31.5 Å². The van der Waals surface area contributed by atoms with E-state index in [9.17, 15) is 9.59 Å². The van der Waals surface area contributed by atoms with Crippen molar-refractivity contribution in [2.75, 3.05) is 5.32 Å². The summed E-state index contributed by atoms with van der Waals surface area (Å²) < 4.78 is 0.811. The third kappa shape index (κ3) is 5.14. The average molecular weight is 322 g/mol. The van der Waals surface area contributed by atoms with Crippen LogP contribution in [-0.4, -0.2) is 28.1 Å². The molecule has 2 amide bonds. The fraction of sp³-hybridized carbons (Fsp3) is 0.444. The molecule has 0 saturated carbocycles. The van der Waals surface area contributed by atoms with E-state index in [4.69, 9.17) is 5.11 Å². The Hall–Kier alpha value is -1.15. The molecule has 1 aromatic heterocycles. The number of carboxylic acids is 1. The van der Waals surface area contributed by atoms with Crippen LogP contribution in [0.5, 0.6) is 0 Å². The number of anilines is 1. The maximum Gasteiger partial charge on any atom is 0.321 e. The molecule has 0 spiro atoms. The van der Waals surface area contributed by atoms with Crippen molar-refractivity contribution in [3.05, 3.63) is 9.98 Å². The van der Waals surface area contributed by atoms with Crippen LogP contribution in [0, 0.1) is 0 Å². The number of hydrogen-bond donors (Lipinski definition) is 3. The lowest BCUT2D eigenvalue weighted by atomic mass is 10.1. The standard InChI is InChI=1S/C9H12BrN3O3S/c1-2-5(3-7(14)15)12-8(16)13-9-11-4-6(10)17-9/h4-5H,2-3H2,1H3,(H,14,15)(H2,11,12,13,16). The molecular weight excluding hydrogens is 310 g/mol. The Morgan fingerprint density at radius 1 is 1.65 bits per heavy atom. The molecule has 1 unspecified atom stereocenters. The normalized spacial score (nSPS) is 11.9. The number of nitrogens with one attached hydrogen (secondary N) is 2. The third-order valence-electron chi connectivity index (χ3n) is 1.95. The van der Waals surface area contributed by atoms with Crippen LogP contribution in [0.25, 0.3) is 0 Å². The molecule has 0 aromatic carbocycles. The Morgan fingerprint density at radius 2 is 2.35 bits per heavy atom. The van der Waals surface area contributed by atoms with Gasteiger partial charge in [-0.1, -0.05) is 18.3 Å². The quantitative estimate of drug-likeness (QED) is 0.775. The molecule has 6 nitrogen and oxygen atoms in total. The number of carboxylic acid groups (broad SMARTS) is 1. The zero-order valence-electron chi connectivity index (χ0n) is 9.07. The van der Waals surface area contributed by atoms with Gasteiger partial charge in [0.15, 0.2) is 5.13 Å². The van der Waals surface area contributed by atoms with Gasteiger partial charge in [-0.2, -0.15) is 0 Å². The highest BCUT2D eigenvalue weighted by molar-refractivity contribution is 9.11. The highest BCUT2D eigenvalue weighted by Gasteiger charge is 2.14. The number of carbonyl (C=O) groups is 2. The van der Waals surface area contributed by atoms with Crippen LogP contribution in [0.15, 0.2) is 9.98 Å². The number of aromatic nitrogens is 1. The van der Waals surface area contributed by atoms with E-state index in [0.29, 0.717) is 11.6 Å². The number of amides is 2. The van der Waals surface area contributed by atoms with E-state index in [0.717, 1.165) is 3.79 Å². The van der Waals surface area contributed by atoms with Gasteiger partial charge < -0.3 is 10.4 Å². The van der Waals surface area contributed by atoms with E-state index in [1.807, 2.05) is 6.92 Å². The lowest BCUT2D eigenvalue weighted by molar-refractivity contribution is -0.137. The average Bonchev–Trinajstić information content (AvgIpc) is 2.62. The molecule has 0 bridgehead atoms. The SMILES string of the molecule is CCC(CC(=O)O)NC(=O)Nc1ncc(Br)s1. The molecule has 17 heavy (non-hydrogen) atoms. The number of rotatable bonds is 5. The first-order valence-corrected chi connectivity index (χ1v) is 6.52. The van der Waals surface area contributed by atoms with Gasteiger partial charge >= 0.3 is 12.0 Å². The number of nitrogens with zero attached hydrogens (tertiary/aromatic N) is 1. The van der Waals surface area contributed by atoms with E-state index in [1.54, 1.807) is 6.20 Å². The van der Waals surface area contributed by atoms with Crippen molar-refractivity contribution in [3.63, 3.8) is 0 Å². The van der Waals surface area contributed by atoms with Gasteiger partial charge in [0.25, 0.3) is 0 Å². The molecule has 0 aliphatic rings. The Balaban J connectivity index is 2.45. The fourth-order valence-corrected chi connectivity index (χ4v) is 2.24. The summed E-state index contributed by atoms with van der Waals surface area (Å²) in [6, 6.07) is -0.823. The Bertz CT molecular complexity index is 410. The van der Waals surface area contributed by atoms with Gasteiger partial charge in [-0.05, 0) is 22.4 Å². The van der Waals surface area contributed by atoms with Crippen LogP contribution < -0.4 is 10.6 Å². The van der Waals surface area contributed by atoms with Crippen LogP contribution in [0.1, 0.15) is 19.8 Å². The molecule has 94 valence electrons. The second kappa shape index (κ2) is 6.55. The van der Waals surface area contributed by atoms with Crippen molar-refractivity contribution in [3.8, 4) is 0 Å². The Kier molecular flexibility index (Phi) is 5.36. The van der Waals surface area contributed by atoms with Gasteiger partial charge in [0.2, 0.25) is 0 Å². The zero-order chi connectivity index (χ0) is 12.8. The smallest absolute Gasteiger partial charge is 0.321 e. The van der Waals surface area contributed by atoms with Crippen LogP contribution in [0.3, 0.4) is 0 Å². The van der Waals surface area contributed by atoms with E-state index in [-0.39, 0.29) is 12.5 Å². The summed E-state index contributed by atoms with van der Waals surface area (Å²) >= 11 is 4.51. The van der Waals surface area contributed by atoms with Gasteiger partial charge in [-0.3, -0.25) is 10.1 Å². The number of hydrogen-bond acceptors (Lipinski definition) is 4. The summed E-state index contributed by atoms with van der Waals surface area (Å²) in [5.74, 6) is -0.936. The van der Waals surface area contributed by atoms with Crippen LogP contribution in [-0.2, 0) is 4.79 Å². The highest BCUT2D eigenvalue weighted by Crippen LogP contribution is 2.22. The van der Waals surface area contributed by atoms with Crippen LogP contribution in [0.2, 0.25) is 0 Å². The number of thiazole rings is 1. The monoisotopic (exact) mass is 321 g/mol. The highest BCUT2D eigenvalue weighted by atomic mass is 79.9. The molecule has 1 aromatic rings. The Labute approximate surface area is 111 Å². The van der Waals surface area contributed by atoms with E-state index >= 15 is 0 Å². The maximum atomic E-state index is 11.5. The second-order valence-corrected chi connectivity index (χ2v) is 5.68. The molecule has 0 aliphatic heterocycles. The van der Waals surface area contributed by atoms with Crippen LogP contribution >= 0.6 is 27.3 Å². The summed E-state index contributed by atoms with van der Waals surface area (Å²) in [5, 5.41) is 14.2. The minimum atomic E-state index is -0.936. The van der Waals surface area contributed by atoms with Gasteiger partial charge in [0, 0.05) is 6.04 Å². The van der Waals surface area contributed by atoms with Gasteiger partial charge in [0.05, 0.1) is 16.4 Å². The molecule has 1 heterocycles. The molecule has 0 fully saturated rings. The second-order valence-electron chi connectivity index (χ2n) is 3.27. The maximum absolute atomic E-state index is 11.5. The zero-order valence-corrected chi connectivity index (χ0v) is 11.5. The predicted octanol–water partition coefficient (Wildman–Crippen LogP) is 2.28. The molecule has 8 heteroatoms. The number of aliphatic carboxylic acids is 1. The van der Waals surface area contributed by atoms with Gasteiger partial charge in [-0.25, -0.2) is 9.78 Å². The summed E-state index contributed by atoms with van der Waals surface area (Å²) in [6.07, 6.45) is 2.04. The summed E-state index contributed by atoms with van der Waals surface area (Å²) in [6.45, 7) is 1.81. The minimum absolute atomic E-state index is 0.0918. The molecule has 0 radical (unpaired) electrons. The topological polar surface area (TPSA) is 91.3 Å². The molecular formula is C9H12BrN3O3S. The fourth-order valence-electron chi connectivity index (χ4n) is 1.14. The summed E-state index contributed by atoms with van der Waals surface area (Å²) in [7, 11) is 0. The summed E-state index contributed by atoms with van der Waals surface area (Å²) in [5.41, 5.74) is 0.